The summed E-state index contributed by atoms with van der Waals surface area (Å²) in [5.41, 5.74) is 4.50. The first-order chi connectivity index (χ1) is 15.7. The third kappa shape index (κ3) is 4.59. The summed E-state index contributed by atoms with van der Waals surface area (Å²) in [6.45, 7) is 11.4. The lowest BCUT2D eigenvalue weighted by atomic mass is 9.46. The summed E-state index contributed by atoms with van der Waals surface area (Å²) in [5, 5.41) is 9.95. The molecule has 33 heavy (non-hydrogen) atoms. The molecular weight excluding hydrogens is 408 g/mol. The highest BCUT2D eigenvalue weighted by Crippen LogP contribution is 2.62. The highest BCUT2D eigenvalue weighted by atomic mass is 16.5. The second kappa shape index (κ2) is 9.43. The molecule has 0 radical (unpaired) electrons. The number of hydrogen-bond donors (Lipinski definition) is 1. The van der Waals surface area contributed by atoms with Gasteiger partial charge >= 0.3 is 0 Å². The Hall–Kier alpha value is -1.84. The van der Waals surface area contributed by atoms with E-state index in [1.807, 2.05) is 6.92 Å². The lowest BCUT2D eigenvalue weighted by Crippen LogP contribution is -2.53. The molecule has 3 heteroatoms. The van der Waals surface area contributed by atoms with Crippen LogP contribution >= 0.6 is 0 Å². The number of hydrogen-bond acceptors (Lipinski definition) is 3. The van der Waals surface area contributed by atoms with Gasteiger partial charge in [0.2, 0.25) is 0 Å². The molecule has 0 aromatic heterocycles. The largest absolute Gasteiger partial charge is 0.497 e. The van der Waals surface area contributed by atoms with E-state index < -0.39 is 0 Å². The maximum atomic E-state index is 9.95. The highest BCUT2D eigenvalue weighted by Gasteiger charge is 2.55. The summed E-state index contributed by atoms with van der Waals surface area (Å²) in [5.74, 6) is 1.96. The zero-order valence-electron chi connectivity index (χ0n) is 21.3. The van der Waals surface area contributed by atoms with Crippen molar-refractivity contribution in [2.45, 2.75) is 90.4 Å². The van der Waals surface area contributed by atoms with Gasteiger partial charge in [-0.05, 0) is 97.4 Å². The number of benzene rings is 2. The summed E-state index contributed by atoms with van der Waals surface area (Å²) in [7, 11) is 1.77. The van der Waals surface area contributed by atoms with Crippen molar-refractivity contribution in [1.82, 2.24) is 0 Å². The van der Waals surface area contributed by atoms with Gasteiger partial charge in [0, 0.05) is 0 Å². The average molecular weight is 451 g/mol. The minimum atomic E-state index is -0.357. The predicted octanol–water partition coefficient (Wildman–Crippen LogP) is 6.87. The van der Waals surface area contributed by atoms with Crippen molar-refractivity contribution >= 4 is 0 Å². The van der Waals surface area contributed by atoms with Gasteiger partial charge in [-0.15, -0.1) is 0 Å². The fourth-order valence-electron chi connectivity index (χ4n) is 7.20. The minimum Gasteiger partial charge on any atom is -0.497 e. The van der Waals surface area contributed by atoms with Gasteiger partial charge in [-0.1, -0.05) is 57.2 Å². The molecule has 2 aromatic rings. The molecule has 1 N–H and O–H groups in total. The summed E-state index contributed by atoms with van der Waals surface area (Å²) in [6, 6.07) is 17.4. The normalized spacial score (nSPS) is 28.8. The number of ether oxygens (including phenoxy) is 2. The van der Waals surface area contributed by atoms with Gasteiger partial charge in [-0.3, -0.25) is 0 Å². The maximum Gasteiger partial charge on any atom is 0.119 e. The molecule has 6 atom stereocenters. The van der Waals surface area contributed by atoms with Crippen LogP contribution in [0.3, 0.4) is 0 Å². The van der Waals surface area contributed by atoms with Crippen LogP contribution in [-0.2, 0) is 16.6 Å². The molecule has 1 saturated carbocycles. The van der Waals surface area contributed by atoms with Crippen LogP contribution in [0.5, 0.6) is 5.75 Å². The Morgan fingerprint density at radius 3 is 2.42 bits per heavy atom. The van der Waals surface area contributed by atoms with Crippen LogP contribution in [-0.4, -0.2) is 24.4 Å². The first-order valence-corrected chi connectivity index (χ1v) is 12.7. The predicted molar refractivity (Wildman–Crippen MR) is 135 cm³/mol. The van der Waals surface area contributed by atoms with Crippen molar-refractivity contribution < 1.29 is 14.6 Å². The van der Waals surface area contributed by atoms with Crippen molar-refractivity contribution in [3.8, 4) is 5.75 Å². The van der Waals surface area contributed by atoms with Crippen LogP contribution in [0.15, 0.2) is 48.5 Å². The van der Waals surface area contributed by atoms with Gasteiger partial charge in [0.25, 0.3) is 0 Å². The second-order valence-electron chi connectivity index (χ2n) is 11.4. The molecule has 2 aliphatic rings. The summed E-state index contributed by atoms with van der Waals surface area (Å²) in [6.07, 6.45) is 4.96. The smallest absolute Gasteiger partial charge is 0.119 e. The summed E-state index contributed by atoms with van der Waals surface area (Å²) < 4.78 is 12.4. The fourth-order valence-corrected chi connectivity index (χ4v) is 7.20. The molecule has 1 fully saturated rings. The summed E-state index contributed by atoms with van der Waals surface area (Å²) in [4.78, 5) is 0. The van der Waals surface area contributed by atoms with Gasteiger partial charge in [-0.2, -0.15) is 0 Å². The zero-order chi connectivity index (χ0) is 23.8. The van der Waals surface area contributed by atoms with Gasteiger partial charge < -0.3 is 14.6 Å². The molecule has 4 unspecified atom stereocenters. The van der Waals surface area contributed by atoms with Crippen LogP contribution in [0.4, 0.5) is 0 Å². The first kappa shape index (κ1) is 24.3. The third-order valence-corrected chi connectivity index (χ3v) is 8.78. The molecule has 3 nitrogen and oxygen atoms in total. The van der Waals surface area contributed by atoms with Gasteiger partial charge in [0.15, 0.2) is 0 Å². The molecule has 2 aromatic carbocycles. The number of aryl methyl sites for hydroxylation is 1. The first-order valence-electron chi connectivity index (χ1n) is 12.7. The van der Waals surface area contributed by atoms with E-state index in [0.29, 0.717) is 18.3 Å². The average Bonchev–Trinajstić information content (AvgIpc) is 2.77. The number of fused-ring (bicyclic) bond motifs is 3. The van der Waals surface area contributed by atoms with Crippen LogP contribution in [0.25, 0.3) is 0 Å². The third-order valence-electron chi connectivity index (χ3n) is 8.78. The number of methoxy groups -OCH3 is 1. The molecule has 4 rings (SSSR count). The van der Waals surface area contributed by atoms with Crippen LogP contribution in [0, 0.1) is 17.3 Å². The molecule has 2 aliphatic carbocycles. The van der Waals surface area contributed by atoms with Crippen molar-refractivity contribution in [2.75, 3.05) is 7.11 Å². The SMILES string of the molecule is COc1ccc2c(c1)[C@@]1(C)CCC(C(OC(C)C[C@@H](C)O)c3ccccc3)C(C)(C)C1CC2. The van der Waals surface area contributed by atoms with Gasteiger partial charge in [0.1, 0.15) is 5.75 Å². The number of rotatable bonds is 7. The highest BCUT2D eigenvalue weighted by molar-refractivity contribution is 5.44. The minimum absolute atomic E-state index is 0.00987. The topological polar surface area (TPSA) is 38.7 Å². The molecular formula is C30H42O3. The second-order valence-corrected chi connectivity index (χ2v) is 11.4. The van der Waals surface area contributed by atoms with E-state index in [4.69, 9.17) is 9.47 Å². The standard InChI is InChI=1S/C30H42O3/c1-20(31)18-21(2)33-28(23-10-8-7-9-11-23)25-16-17-30(5)26-19-24(32-6)14-12-22(26)13-15-27(30)29(25,3)4/h7-12,14,19-21,25,27-28,31H,13,15-18H2,1-6H3/t20-,21?,25?,27?,28?,30-/m1/s1. The van der Waals surface area contributed by atoms with Crippen LogP contribution < -0.4 is 4.74 Å². The van der Waals surface area contributed by atoms with E-state index in [-0.39, 0.29) is 29.1 Å². The Kier molecular flexibility index (Phi) is 6.94. The van der Waals surface area contributed by atoms with E-state index in [1.54, 1.807) is 7.11 Å². The molecule has 0 aliphatic heterocycles. The van der Waals surface area contributed by atoms with E-state index in [9.17, 15) is 5.11 Å². The van der Waals surface area contributed by atoms with E-state index in [0.717, 1.165) is 25.0 Å². The zero-order valence-corrected chi connectivity index (χ0v) is 21.3. The monoisotopic (exact) mass is 450 g/mol. The molecule has 0 saturated heterocycles. The van der Waals surface area contributed by atoms with E-state index in [2.05, 4.69) is 76.2 Å². The Morgan fingerprint density at radius 2 is 1.76 bits per heavy atom. The van der Waals surface area contributed by atoms with E-state index in [1.165, 1.54) is 23.1 Å². The maximum absolute atomic E-state index is 9.95. The van der Waals surface area contributed by atoms with E-state index >= 15 is 0 Å². The van der Waals surface area contributed by atoms with Gasteiger partial charge in [0.05, 0.1) is 25.4 Å². The molecule has 0 amide bonds. The number of aliphatic hydroxyl groups is 1. The van der Waals surface area contributed by atoms with Crippen LogP contribution in [0.1, 0.15) is 83.1 Å². The lowest BCUT2D eigenvalue weighted by Gasteiger charge is -2.59. The van der Waals surface area contributed by atoms with Crippen molar-refractivity contribution in [3.05, 3.63) is 65.2 Å². The Labute approximate surface area is 200 Å². The quantitative estimate of drug-likeness (QED) is 0.500. The molecule has 0 heterocycles. The molecule has 180 valence electrons. The Balaban J connectivity index is 1.69. The number of aliphatic hydroxyl groups excluding tert-OH is 1. The Bertz CT molecular complexity index is 935. The Morgan fingerprint density at radius 1 is 1.03 bits per heavy atom. The van der Waals surface area contributed by atoms with Crippen molar-refractivity contribution in [3.63, 3.8) is 0 Å². The van der Waals surface area contributed by atoms with Gasteiger partial charge in [-0.25, -0.2) is 0 Å². The van der Waals surface area contributed by atoms with Crippen molar-refractivity contribution in [2.24, 2.45) is 17.3 Å². The van der Waals surface area contributed by atoms with Crippen LogP contribution in [0.2, 0.25) is 0 Å². The molecule has 0 spiro atoms. The fraction of sp³-hybridized carbons (Fsp3) is 0.600. The lowest BCUT2D eigenvalue weighted by molar-refractivity contribution is -0.123. The summed E-state index contributed by atoms with van der Waals surface area (Å²) >= 11 is 0. The molecule has 0 bridgehead atoms. The van der Waals surface area contributed by atoms with Crippen molar-refractivity contribution in [1.29, 1.82) is 0 Å².